The molecule has 1 aromatic rings. The van der Waals surface area contributed by atoms with Crippen LogP contribution >= 0.6 is 0 Å². The largest absolute Gasteiger partial charge is 0.367 e. The Balaban J connectivity index is 2.39. The Morgan fingerprint density at radius 2 is 2.36 bits per heavy atom. The molecule has 0 radical (unpaired) electrons. The lowest BCUT2D eigenvalue weighted by Crippen LogP contribution is -2.03. The fraction of sp³-hybridized carbons (Fsp3) is 0.600. The second kappa shape index (κ2) is 3.27. The molecule has 11 heavy (non-hydrogen) atoms. The lowest BCUT2D eigenvalue weighted by atomic mass is 10.4. The maximum atomic E-state index is 11.6. The maximum Gasteiger partial charge on any atom is 0.240 e. The fourth-order valence-corrected chi connectivity index (χ4v) is 0.647. The summed E-state index contributed by atoms with van der Waals surface area (Å²) in [5.74, 6) is 0.110. The Labute approximate surface area is 62.0 Å². The highest BCUT2D eigenvalue weighted by atomic mass is 19.3. The van der Waals surface area contributed by atoms with Crippen LogP contribution in [0.2, 0.25) is 0 Å². The van der Waals surface area contributed by atoms with Gasteiger partial charge in [0.25, 0.3) is 0 Å². The van der Waals surface area contributed by atoms with Gasteiger partial charge in [-0.15, -0.1) is 5.10 Å². The van der Waals surface area contributed by atoms with Gasteiger partial charge in [0.2, 0.25) is 12.4 Å². The van der Waals surface area contributed by atoms with Crippen molar-refractivity contribution < 1.29 is 8.78 Å². The monoisotopic (exact) mass is 162 g/mol. The number of alkyl halides is 2. The Morgan fingerprint density at radius 3 is 2.82 bits per heavy atom. The van der Waals surface area contributed by atoms with Crippen LogP contribution in [0.3, 0.4) is 0 Å². The highest BCUT2D eigenvalue weighted by Gasteiger charge is 2.03. The molecule has 0 spiro atoms. The first-order valence-corrected chi connectivity index (χ1v) is 3.11. The molecule has 1 rings (SSSR count). The molecule has 0 saturated carbocycles. The molecule has 0 fully saturated rings. The van der Waals surface area contributed by atoms with Crippen molar-refractivity contribution in [2.75, 3.05) is 5.73 Å². The van der Waals surface area contributed by atoms with E-state index in [9.17, 15) is 8.78 Å². The molecule has 4 nitrogen and oxygen atoms in total. The number of hydrogen-bond donors (Lipinski definition) is 1. The minimum atomic E-state index is -2.31. The fourth-order valence-electron chi connectivity index (χ4n) is 0.647. The quantitative estimate of drug-likeness (QED) is 0.704. The molecular formula is C5H8F2N4. The van der Waals surface area contributed by atoms with Gasteiger partial charge in [-0.05, 0) is 0 Å². The van der Waals surface area contributed by atoms with E-state index >= 15 is 0 Å². The number of anilines is 1. The molecule has 0 amide bonds. The van der Waals surface area contributed by atoms with Crippen molar-refractivity contribution in [3.8, 4) is 0 Å². The standard InChI is InChI=1S/C5H8F2N4/c6-4(7)1-2-11-3-9-5(8)10-11/h3-4H,1-2H2,(H2,8,10). The summed E-state index contributed by atoms with van der Waals surface area (Å²) in [5.41, 5.74) is 5.15. The maximum absolute atomic E-state index is 11.6. The Hall–Kier alpha value is -1.20. The number of nitrogens with two attached hydrogens (primary N) is 1. The topological polar surface area (TPSA) is 56.7 Å². The number of aryl methyl sites for hydroxylation is 1. The molecule has 0 aliphatic carbocycles. The summed E-state index contributed by atoms with van der Waals surface area (Å²) >= 11 is 0. The van der Waals surface area contributed by atoms with Crippen molar-refractivity contribution in [2.24, 2.45) is 0 Å². The number of nitrogen functional groups attached to an aromatic ring is 1. The van der Waals surface area contributed by atoms with Crippen LogP contribution in [-0.4, -0.2) is 21.2 Å². The van der Waals surface area contributed by atoms with E-state index in [1.54, 1.807) is 0 Å². The van der Waals surface area contributed by atoms with Crippen LogP contribution in [0, 0.1) is 0 Å². The van der Waals surface area contributed by atoms with Gasteiger partial charge in [0, 0.05) is 13.0 Å². The first-order valence-electron chi connectivity index (χ1n) is 3.11. The van der Waals surface area contributed by atoms with Crippen LogP contribution in [0.5, 0.6) is 0 Å². The van der Waals surface area contributed by atoms with Crippen molar-refractivity contribution in [3.05, 3.63) is 6.33 Å². The molecule has 0 aliphatic rings. The van der Waals surface area contributed by atoms with E-state index in [1.807, 2.05) is 0 Å². The molecule has 1 aromatic heterocycles. The second-order valence-electron chi connectivity index (χ2n) is 2.05. The second-order valence-corrected chi connectivity index (χ2v) is 2.05. The number of rotatable bonds is 3. The van der Waals surface area contributed by atoms with E-state index in [2.05, 4.69) is 10.1 Å². The summed E-state index contributed by atoms with van der Waals surface area (Å²) in [6, 6.07) is 0. The Bertz CT molecular complexity index is 222. The van der Waals surface area contributed by atoms with Crippen molar-refractivity contribution >= 4 is 5.95 Å². The van der Waals surface area contributed by atoms with Crippen molar-refractivity contribution in [1.82, 2.24) is 14.8 Å². The predicted octanol–water partition coefficient (Wildman–Crippen LogP) is 0.515. The number of hydrogen-bond acceptors (Lipinski definition) is 3. The van der Waals surface area contributed by atoms with E-state index in [1.165, 1.54) is 11.0 Å². The van der Waals surface area contributed by atoms with Crippen LogP contribution in [0.25, 0.3) is 0 Å². The van der Waals surface area contributed by atoms with Gasteiger partial charge in [0.1, 0.15) is 6.33 Å². The summed E-state index contributed by atoms with van der Waals surface area (Å²) < 4.78 is 24.6. The zero-order chi connectivity index (χ0) is 8.27. The van der Waals surface area contributed by atoms with E-state index in [4.69, 9.17) is 5.73 Å². The van der Waals surface area contributed by atoms with Crippen LogP contribution in [0.1, 0.15) is 6.42 Å². The van der Waals surface area contributed by atoms with Gasteiger partial charge in [-0.2, -0.15) is 0 Å². The summed E-state index contributed by atoms with van der Waals surface area (Å²) in [6.07, 6.45) is -1.19. The first-order chi connectivity index (χ1) is 5.18. The molecule has 0 saturated heterocycles. The summed E-state index contributed by atoms with van der Waals surface area (Å²) in [4.78, 5) is 3.58. The van der Waals surface area contributed by atoms with Gasteiger partial charge in [-0.3, -0.25) is 4.68 Å². The number of aromatic nitrogens is 3. The first kappa shape index (κ1) is 7.90. The molecule has 6 heteroatoms. The van der Waals surface area contributed by atoms with Gasteiger partial charge < -0.3 is 5.73 Å². The van der Waals surface area contributed by atoms with Gasteiger partial charge in [0.15, 0.2) is 0 Å². The minimum absolute atomic E-state index is 0.110. The summed E-state index contributed by atoms with van der Waals surface area (Å²) in [5, 5.41) is 3.63. The summed E-state index contributed by atoms with van der Waals surface area (Å²) in [6.45, 7) is 0.155. The Morgan fingerprint density at radius 1 is 1.64 bits per heavy atom. The van der Waals surface area contributed by atoms with Crippen LogP contribution in [-0.2, 0) is 6.54 Å². The molecule has 0 atom stereocenters. The molecule has 0 bridgehead atoms. The average molecular weight is 162 g/mol. The van der Waals surface area contributed by atoms with Gasteiger partial charge in [-0.25, -0.2) is 13.8 Å². The highest BCUT2D eigenvalue weighted by Crippen LogP contribution is 2.01. The smallest absolute Gasteiger partial charge is 0.240 e. The van der Waals surface area contributed by atoms with E-state index in [-0.39, 0.29) is 18.9 Å². The van der Waals surface area contributed by atoms with Crippen molar-refractivity contribution in [2.45, 2.75) is 19.4 Å². The van der Waals surface area contributed by atoms with Crippen LogP contribution in [0.15, 0.2) is 6.33 Å². The molecule has 0 aliphatic heterocycles. The molecule has 2 N–H and O–H groups in total. The van der Waals surface area contributed by atoms with Crippen molar-refractivity contribution in [3.63, 3.8) is 0 Å². The minimum Gasteiger partial charge on any atom is -0.367 e. The zero-order valence-corrected chi connectivity index (χ0v) is 5.74. The third-order valence-corrected chi connectivity index (χ3v) is 1.13. The molecule has 0 unspecified atom stereocenters. The highest BCUT2D eigenvalue weighted by molar-refractivity contribution is 5.08. The Kier molecular flexibility index (Phi) is 2.35. The van der Waals surface area contributed by atoms with Crippen LogP contribution < -0.4 is 5.73 Å². The normalized spacial score (nSPS) is 10.8. The van der Waals surface area contributed by atoms with Gasteiger partial charge in [0.05, 0.1) is 0 Å². The van der Waals surface area contributed by atoms with E-state index in [0.717, 1.165) is 0 Å². The van der Waals surface area contributed by atoms with Crippen molar-refractivity contribution in [1.29, 1.82) is 0 Å². The molecular weight excluding hydrogens is 154 g/mol. The predicted molar refractivity (Wildman–Crippen MR) is 35.1 cm³/mol. The third kappa shape index (κ3) is 2.48. The van der Waals surface area contributed by atoms with Gasteiger partial charge in [-0.1, -0.05) is 0 Å². The zero-order valence-electron chi connectivity index (χ0n) is 5.74. The lowest BCUT2D eigenvalue weighted by molar-refractivity contribution is 0.130. The SMILES string of the molecule is Nc1ncn(CCC(F)F)n1. The average Bonchev–Trinajstić information content (AvgIpc) is 2.31. The van der Waals surface area contributed by atoms with E-state index < -0.39 is 6.43 Å². The number of halogens is 2. The summed E-state index contributed by atoms with van der Waals surface area (Å²) in [7, 11) is 0. The molecule has 0 aromatic carbocycles. The molecule has 62 valence electrons. The molecule has 1 heterocycles. The van der Waals surface area contributed by atoms with Gasteiger partial charge >= 0.3 is 0 Å². The number of nitrogens with zero attached hydrogens (tertiary/aromatic N) is 3. The third-order valence-electron chi connectivity index (χ3n) is 1.13. The van der Waals surface area contributed by atoms with Crippen LogP contribution in [0.4, 0.5) is 14.7 Å². The van der Waals surface area contributed by atoms with E-state index in [0.29, 0.717) is 0 Å². The lowest BCUT2D eigenvalue weighted by Gasteiger charge is -1.97.